The Labute approximate surface area is 175 Å². The molecule has 0 bridgehead atoms. The third kappa shape index (κ3) is 3.68. The number of nitrogens with one attached hydrogen (secondary N) is 1. The summed E-state index contributed by atoms with van der Waals surface area (Å²) in [6.45, 7) is 0.551. The lowest BCUT2D eigenvalue weighted by atomic mass is 10.1. The Morgan fingerprint density at radius 2 is 1.77 bits per heavy atom. The highest BCUT2D eigenvalue weighted by Gasteiger charge is 2.30. The predicted molar refractivity (Wildman–Crippen MR) is 117 cm³/mol. The normalized spacial score (nSPS) is 12.3. The van der Waals surface area contributed by atoms with Crippen molar-refractivity contribution < 1.29 is 19.1 Å². The van der Waals surface area contributed by atoms with Gasteiger partial charge < -0.3 is 14.8 Å². The van der Waals surface area contributed by atoms with E-state index in [1.807, 2.05) is 54.6 Å². The van der Waals surface area contributed by atoms with Gasteiger partial charge in [0.25, 0.3) is 5.91 Å². The number of carbonyl (C=O) groups is 2. The first-order chi connectivity index (χ1) is 14.6. The van der Waals surface area contributed by atoms with Crippen molar-refractivity contribution in [3.05, 3.63) is 65.7 Å². The van der Waals surface area contributed by atoms with E-state index in [1.165, 1.54) is 0 Å². The quantitative estimate of drug-likeness (QED) is 0.583. The number of benzene rings is 3. The maximum Gasteiger partial charge on any atom is 0.259 e. The summed E-state index contributed by atoms with van der Waals surface area (Å²) >= 11 is 0. The molecule has 0 saturated heterocycles. The lowest BCUT2D eigenvalue weighted by Crippen LogP contribution is -2.39. The van der Waals surface area contributed by atoms with Gasteiger partial charge in [-0.05, 0) is 48.1 Å². The fourth-order valence-corrected chi connectivity index (χ4v) is 3.89. The second kappa shape index (κ2) is 8.45. The van der Waals surface area contributed by atoms with Gasteiger partial charge in [-0.15, -0.1) is 0 Å². The van der Waals surface area contributed by atoms with Crippen LogP contribution in [0.4, 0.5) is 5.69 Å². The van der Waals surface area contributed by atoms with E-state index in [9.17, 15) is 9.59 Å². The van der Waals surface area contributed by atoms with Crippen LogP contribution in [0.1, 0.15) is 22.3 Å². The van der Waals surface area contributed by atoms with Gasteiger partial charge in [0.1, 0.15) is 6.54 Å². The molecule has 1 N–H and O–H groups in total. The first-order valence-corrected chi connectivity index (χ1v) is 9.93. The highest BCUT2D eigenvalue weighted by atomic mass is 16.5. The van der Waals surface area contributed by atoms with E-state index in [-0.39, 0.29) is 18.4 Å². The molecule has 3 aromatic carbocycles. The molecule has 0 aromatic heterocycles. The van der Waals surface area contributed by atoms with Crippen LogP contribution in [-0.2, 0) is 11.2 Å². The van der Waals surface area contributed by atoms with Crippen LogP contribution >= 0.6 is 0 Å². The number of methoxy groups -OCH3 is 2. The number of amides is 2. The molecule has 6 nitrogen and oxygen atoms in total. The smallest absolute Gasteiger partial charge is 0.259 e. The molecular formula is C24H24N2O4. The molecule has 1 aliphatic heterocycles. The van der Waals surface area contributed by atoms with Crippen LogP contribution in [0.3, 0.4) is 0 Å². The minimum atomic E-state index is -0.166. The van der Waals surface area contributed by atoms with Crippen LogP contribution in [0.5, 0.6) is 11.5 Å². The monoisotopic (exact) mass is 404 g/mol. The van der Waals surface area contributed by atoms with Crippen LogP contribution in [0, 0.1) is 0 Å². The second-order valence-corrected chi connectivity index (χ2v) is 7.21. The maximum absolute atomic E-state index is 12.8. The van der Waals surface area contributed by atoms with Crippen molar-refractivity contribution >= 4 is 28.3 Å². The molecule has 154 valence electrons. The van der Waals surface area contributed by atoms with Gasteiger partial charge in [0.15, 0.2) is 11.5 Å². The van der Waals surface area contributed by atoms with E-state index in [1.54, 1.807) is 19.1 Å². The summed E-state index contributed by atoms with van der Waals surface area (Å²) in [6.07, 6.45) is 1.58. The molecule has 0 aliphatic carbocycles. The standard InChI is InChI=1S/C24H24N2O4/c1-29-20-12-11-16(14-21(20)30-2)6-5-13-25-22(27)15-26-19-10-4-8-17-7-3-9-18(23(17)19)24(26)28/h3-4,7-12,14H,5-6,13,15H2,1-2H3,(H,25,27). The average Bonchev–Trinajstić information content (AvgIpc) is 3.04. The topological polar surface area (TPSA) is 67.9 Å². The molecule has 2 amide bonds. The van der Waals surface area contributed by atoms with Gasteiger partial charge in [-0.2, -0.15) is 0 Å². The molecule has 4 rings (SSSR count). The summed E-state index contributed by atoms with van der Waals surface area (Å²) in [5.41, 5.74) is 2.57. The zero-order chi connectivity index (χ0) is 21.1. The van der Waals surface area contributed by atoms with Crippen molar-refractivity contribution in [1.82, 2.24) is 5.32 Å². The van der Waals surface area contributed by atoms with Crippen molar-refractivity contribution in [2.24, 2.45) is 0 Å². The van der Waals surface area contributed by atoms with Crippen molar-refractivity contribution in [3.63, 3.8) is 0 Å². The van der Waals surface area contributed by atoms with Gasteiger partial charge in [0.05, 0.1) is 19.9 Å². The number of anilines is 1. The third-order valence-electron chi connectivity index (χ3n) is 5.36. The van der Waals surface area contributed by atoms with Crippen LogP contribution in [0.2, 0.25) is 0 Å². The number of hydrogen-bond acceptors (Lipinski definition) is 4. The maximum atomic E-state index is 12.8. The zero-order valence-electron chi connectivity index (χ0n) is 17.1. The molecule has 0 unspecified atom stereocenters. The third-order valence-corrected chi connectivity index (χ3v) is 5.36. The molecule has 0 fully saturated rings. The first kappa shape index (κ1) is 19.8. The van der Waals surface area contributed by atoms with E-state index in [2.05, 4.69) is 5.32 Å². The Balaban J connectivity index is 1.32. The lowest BCUT2D eigenvalue weighted by molar-refractivity contribution is -0.119. The largest absolute Gasteiger partial charge is 0.493 e. The van der Waals surface area contributed by atoms with Gasteiger partial charge in [0.2, 0.25) is 5.91 Å². The molecule has 0 atom stereocenters. The highest BCUT2D eigenvalue weighted by Crippen LogP contribution is 2.36. The van der Waals surface area contributed by atoms with Crippen LogP contribution in [0.25, 0.3) is 10.8 Å². The van der Waals surface area contributed by atoms with E-state index in [0.29, 0.717) is 23.6 Å². The van der Waals surface area contributed by atoms with Gasteiger partial charge in [-0.25, -0.2) is 0 Å². The molecule has 3 aromatic rings. The Morgan fingerprint density at radius 3 is 2.53 bits per heavy atom. The van der Waals surface area contributed by atoms with Crippen LogP contribution in [0.15, 0.2) is 54.6 Å². The minimum absolute atomic E-state index is 0.0169. The van der Waals surface area contributed by atoms with Crippen LogP contribution in [-0.4, -0.2) is 39.1 Å². The Morgan fingerprint density at radius 1 is 1.00 bits per heavy atom. The molecule has 1 aliphatic rings. The van der Waals surface area contributed by atoms with Crippen molar-refractivity contribution in [3.8, 4) is 11.5 Å². The number of hydrogen-bond donors (Lipinski definition) is 1. The van der Waals surface area contributed by atoms with Gasteiger partial charge >= 0.3 is 0 Å². The second-order valence-electron chi connectivity index (χ2n) is 7.21. The summed E-state index contributed by atoms with van der Waals surface area (Å²) in [6, 6.07) is 17.3. The molecule has 30 heavy (non-hydrogen) atoms. The molecule has 1 heterocycles. The Bertz CT molecular complexity index is 1100. The van der Waals surface area contributed by atoms with Crippen LogP contribution < -0.4 is 19.7 Å². The Kier molecular flexibility index (Phi) is 5.57. The van der Waals surface area contributed by atoms with Gasteiger partial charge in [-0.3, -0.25) is 14.5 Å². The zero-order valence-corrected chi connectivity index (χ0v) is 17.1. The predicted octanol–water partition coefficient (Wildman–Crippen LogP) is 3.57. The summed E-state index contributed by atoms with van der Waals surface area (Å²) in [4.78, 5) is 26.8. The molecular weight excluding hydrogens is 380 g/mol. The van der Waals surface area contributed by atoms with Crippen molar-refractivity contribution in [2.75, 3.05) is 32.2 Å². The molecule has 0 radical (unpaired) electrons. The van der Waals surface area contributed by atoms with E-state index in [0.717, 1.165) is 34.9 Å². The Hall–Kier alpha value is -3.54. The van der Waals surface area contributed by atoms with E-state index in [4.69, 9.17) is 9.47 Å². The van der Waals surface area contributed by atoms with E-state index >= 15 is 0 Å². The average molecular weight is 404 g/mol. The fourth-order valence-electron chi connectivity index (χ4n) is 3.89. The SMILES string of the molecule is COc1ccc(CCCNC(=O)CN2C(=O)c3cccc4cccc2c34)cc1OC. The summed E-state index contributed by atoms with van der Waals surface area (Å²) < 4.78 is 10.6. The number of carbonyl (C=O) groups excluding carboxylic acids is 2. The number of ether oxygens (including phenoxy) is 2. The fraction of sp³-hybridized carbons (Fsp3) is 0.250. The minimum Gasteiger partial charge on any atom is -0.493 e. The molecule has 0 saturated carbocycles. The molecule has 0 spiro atoms. The first-order valence-electron chi connectivity index (χ1n) is 9.93. The summed E-state index contributed by atoms with van der Waals surface area (Å²) in [5.74, 6) is 1.10. The summed E-state index contributed by atoms with van der Waals surface area (Å²) in [7, 11) is 3.22. The number of rotatable bonds is 8. The highest BCUT2D eigenvalue weighted by molar-refractivity contribution is 6.26. The number of aryl methyl sites for hydroxylation is 1. The van der Waals surface area contributed by atoms with E-state index < -0.39 is 0 Å². The van der Waals surface area contributed by atoms with Gasteiger partial charge in [-0.1, -0.05) is 30.3 Å². The summed E-state index contributed by atoms with van der Waals surface area (Å²) in [5, 5.41) is 4.85. The van der Waals surface area contributed by atoms with Gasteiger partial charge in [0, 0.05) is 17.5 Å². The number of nitrogens with zero attached hydrogens (tertiary/aromatic N) is 1. The van der Waals surface area contributed by atoms with Crippen molar-refractivity contribution in [1.29, 1.82) is 0 Å². The van der Waals surface area contributed by atoms with Crippen molar-refractivity contribution in [2.45, 2.75) is 12.8 Å². The molecule has 6 heteroatoms. The lowest BCUT2D eigenvalue weighted by Gasteiger charge is -2.17.